The van der Waals surface area contributed by atoms with Gasteiger partial charge in [-0.25, -0.2) is 9.78 Å². The zero-order chi connectivity index (χ0) is 12.8. The van der Waals surface area contributed by atoms with Crippen molar-refractivity contribution in [3.8, 4) is 0 Å². The lowest BCUT2D eigenvalue weighted by atomic mass is 10.2. The van der Waals surface area contributed by atoms with Crippen LogP contribution < -0.4 is 5.32 Å². The van der Waals surface area contributed by atoms with Crippen LogP contribution in [0.25, 0.3) is 0 Å². The van der Waals surface area contributed by atoms with Gasteiger partial charge in [0.1, 0.15) is 5.82 Å². The molecule has 0 aliphatic heterocycles. The number of carbonyl (C=O) groups is 2. The normalized spacial score (nSPS) is 9.53. The minimum atomic E-state index is -0.444. The molecule has 1 N–H and O–H groups in total. The van der Waals surface area contributed by atoms with E-state index in [4.69, 9.17) is 4.74 Å². The molecule has 1 aromatic heterocycles. The molecule has 1 heterocycles. The number of nitrogens with zero attached hydrogens (tertiary/aromatic N) is 1. The fourth-order valence-corrected chi connectivity index (χ4v) is 1.06. The Morgan fingerprint density at radius 2 is 2.24 bits per heavy atom. The first-order valence-electron chi connectivity index (χ1n) is 5.14. The smallest absolute Gasteiger partial charge is 0.338 e. The first-order chi connectivity index (χ1) is 8.04. The predicted octanol–water partition coefficient (Wildman–Crippen LogP) is 1.77. The summed E-state index contributed by atoms with van der Waals surface area (Å²) < 4.78 is 4.84. The molecule has 0 bridgehead atoms. The average molecular weight is 234 g/mol. The molecule has 0 saturated heterocycles. The van der Waals surface area contributed by atoms with Crippen LogP contribution >= 0.6 is 0 Å². The van der Waals surface area contributed by atoms with Crippen molar-refractivity contribution < 1.29 is 14.3 Å². The molecule has 0 spiro atoms. The lowest BCUT2D eigenvalue weighted by Gasteiger charge is -2.05. The fraction of sp³-hybridized carbons (Fsp3) is 0.250. The average Bonchev–Trinajstić information content (AvgIpc) is 2.29. The van der Waals surface area contributed by atoms with E-state index < -0.39 is 5.97 Å². The molecule has 5 heteroatoms. The second-order valence-electron chi connectivity index (χ2n) is 3.38. The molecule has 0 fully saturated rings. The predicted molar refractivity (Wildman–Crippen MR) is 63.6 cm³/mol. The molecule has 17 heavy (non-hydrogen) atoms. The van der Waals surface area contributed by atoms with Crippen molar-refractivity contribution in [2.45, 2.75) is 13.8 Å². The number of esters is 1. The summed E-state index contributed by atoms with van der Waals surface area (Å²) in [7, 11) is 0. The first-order valence-corrected chi connectivity index (χ1v) is 5.14. The van der Waals surface area contributed by atoms with E-state index in [-0.39, 0.29) is 5.91 Å². The summed E-state index contributed by atoms with van der Waals surface area (Å²) in [6, 6.07) is 2.98. The lowest BCUT2D eigenvalue weighted by Crippen LogP contribution is -2.14. The summed E-state index contributed by atoms with van der Waals surface area (Å²) in [4.78, 5) is 26.7. The van der Waals surface area contributed by atoms with Gasteiger partial charge in [-0.2, -0.15) is 0 Å². The van der Waals surface area contributed by atoms with Crippen LogP contribution in [0.5, 0.6) is 0 Å². The molecule has 0 radical (unpaired) electrons. The van der Waals surface area contributed by atoms with Crippen molar-refractivity contribution in [3.63, 3.8) is 0 Å². The number of hydrogen-bond acceptors (Lipinski definition) is 4. The number of ether oxygens (including phenoxy) is 1. The van der Waals surface area contributed by atoms with E-state index in [0.29, 0.717) is 23.6 Å². The molecule has 1 aromatic rings. The van der Waals surface area contributed by atoms with Crippen LogP contribution in [0.15, 0.2) is 30.5 Å². The Bertz CT molecular complexity index is 455. The molecular weight excluding hydrogens is 220 g/mol. The monoisotopic (exact) mass is 234 g/mol. The van der Waals surface area contributed by atoms with E-state index in [2.05, 4.69) is 16.9 Å². The SMILES string of the molecule is C=C(C)C(=O)Nc1cc(C(=O)OCC)ccn1. The van der Waals surface area contributed by atoms with E-state index in [0.717, 1.165) is 0 Å². The maximum Gasteiger partial charge on any atom is 0.338 e. The third-order valence-corrected chi connectivity index (χ3v) is 1.90. The Hall–Kier alpha value is -2.17. The molecular formula is C12H14N2O3. The summed E-state index contributed by atoms with van der Waals surface area (Å²) in [5.74, 6) is -0.484. The van der Waals surface area contributed by atoms with Crippen LogP contribution in [-0.2, 0) is 9.53 Å². The number of amides is 1. The molecule has 5 nitrogen and oxygen atoms in total. The van der Waals surface area contributed by atoms with Crippen LogP contribution in [0, 0.1) is 0 Å². The highest BCUT2D eigenvalue weighted by molar-refractivity contribution is 6.02. The highest BCUT2D eigenvalue weighted by Crippen LogP contribution is 2.09. The number of aromatic nitrogens is 1. The third-order valence-electron chi connectivity index (χ3n) is 1.90. The maximum atomic E-state index is 11.4. The number of nitrogens with one attached hydrogen (secondary N) is 1. The van der Waals surface area contributed by atoms with Crippen molar-refractivity contribution >= 4 is 17.7 Å². The van der Waals surface area contributed by atoms with Gasteiger partial charge in [0.2, 0.25) is 0 Å². The topological polar surface area (TPSA) is 68.3 Å². The van der Waals surface area contributed by atoms with Crippen LogP contribution in [0.4, 0.5) is 5.82 Å². The Balaban J connectivity index is 2.82. The Morgan fingerprint density at radius 1 is 1.53 bits per heavy atom. The van der Waals surface area contributed by atoms with E-state index in [1.165, 1.54) is 18.3 Å². The van der Waals surface area contributed by atoms with Crippen molar-refractivity contribution in [3.05, 3.63) is 36.0 Å². The Labute approximate surface area is 99.5 Å². The van der Waals surface area contributed by atoms with Gasteiger partial charge in [-0.05, 0) is 26.0 Å². The second-order valence-corrected chi connectivity index (χ2v) is 3.38. The Morgan fingerprint density at radius 3 is 2.82 bits per heavy atom. The number of anilines is 1. The van der Waals surface area contributed by atoms with Gasteiger partial charge in [0, 0.05) is 11.8 Å². The summed E-state index contributed by atoms with van der Waals surface area (Å²) in [6.45, 7) is 7.12. The van der Waals surface area contributed by atoms with E-state index in [9.17, 15) is 9.59 Å². The maximum absolute atomic E-state index is 11.4. The van der Waals surface area contributed by atoms with E-state index in [1.807, 2.05) is 0 Å². The molecule has 0 aliphatic carbocycles. The van der Waals surface area contributed by atoms with Crippen LogP contribution in [0.1, 0.15) is 24.2 Å². The quantitative estimate of drug-likeness (QED) is 0.636. The minimum Gasteiger partial charge on any atom is -0.462 e. The third kappa shape index (κ3) is 3.71. The van der Waals surface area contributed by atoms with Gasteiger partial charge in [0.25, 0.3) is 5.91 Å². The van der Waals surface area contributed by atoms with Gasteiger partial charge in [-0.3, -0.25) is 4.79 Å². The van der Waals surface area contributed by atoms with Crippen LogP contribution in [-0.4, -0.2) is 23.5 Å². The number of carbonyl (C=O) groups excluding carboxylic acids is 2. The molecule has 1 rings (SSSR count). The van der Waals surface area contributed by atoms with Gasteiger partial charge in [-0.1, -0.05) is 6.58 Å². The first kappa shape index (κ1) is 12.9. The highest BCUT2D eigenvalue weighted by atomic mass is 16.5. The fourth-order valence-electron chi connectivity index (χ4n) is 1.06. The van der Waals surface area contributed by atoms with Gasteiger partial charge in [-0.15, -0.1) is 0 Å². The largest absolute Gasteiger partial charge is 0.462 e. The molecule has 0 atom stereocenters. The zero-order valence-electron chi connectivity index (χ0n) is 9.82. The van der Waals surface area contributed by atoms with Crippen LogP contribution in [0.3, 0.4) is 0 Å². The summed E-state index contributed by atoms with van der Waals surface area (Å²) >= 11 is 0. The zero-order valence-corrected chi connectivity index (χ0v) is 9.82. The number of rotatable bonds is 4. The summed E-state index contributed by atoms with van der Waals surface area (Å²) in [6.07, 6.45) is 1.43. The van der Waals surface area contributed by atoms with Crippen molar-refractivity contribution in [2.75, 3.05) is 11.9 Å². The van der Waals surface area contributed by atoms with Gasteiger partial charge in [0.05, 0.1) is 12.2 Å². The molecule has 0 aliphatic rings. The van der Waals surface area contributed by atoms with E-state index in [1.54, 1.807) is 13.8 Å². The summed E-state index contributed by atoms with van der Waals surface area (Å²) in [5, 5.41) is 2.52. The van der Waals surface area contributed by atoms with E-state index >= 15 is 0 Å². The molecule has 0 saturated carbocycles. The summed E-state index contributed by atoms with van der Waals surface area (Å²) in [5.41, 5.74) is 0.715. The minimum absolute atomic E-state index is 0.295. The van der Waals surface area contributed by atoms with Crippen molar-refractivity contribution in [1.82, 2.24) is 4.98 Å². The number of hydrogen-bond donors (Lipinski definition) is 1. The van der Waals surface area contributed by atoms with Gasteiger partial charge < -0.3 is 10.1 Å². The van der Waals surface area contributed by atoms with Crippen molar-refractivity contribution in [2.24, 2.45) is 0 Å². The highest BCUT2D eigenvalue weighted by Gasteiger charge is 2.09. The van der Waals surface area contributed by atoms with Gasteiger partial charge in [0.15, 0.2) is 0 Å². The molecule has 0 aromatic carbocycles. The molecule has 90 valence electrons. The number of pyridine rings is 1. The Kier molecular flexibility index (Phi) is 4.39. The molecule has 0 unspecified atom stereocenters. The standard InChI is InChI=1S/C12H14N2O3/c1-4-17-12(16)9-5-6-13-10(7-9)14-11(15)8(2)3/h5-7H,2,4H2,1,3H3,(H,13,14,15). The van der Waals surface area contributed by atoms with Crippen molar-refractivity contribution in [1.29, 1.82) is 0 Å². The lowest BCUT2D eigenvalue weighted by molar-refractivity contribution is -0.112. The molecule has 1 amide bonds. The van der Waals surface area contributed by atoms with Crippen LogP contribution in [0.2, 0.25) is 0 Å². The second kappa shape index (κ2) is 5.79. The van der Waals surface area contributed by atoms with Gasteiger partial charge >= 0.3 is 5.97 Å².